The Balaban J connectivity index is 1.92. The molecule has 0 bridgehead atoms. The van der Waals surface area contributed by atoms with E-state index >= 15 is 0 Å². The van der Waals surface area contributed by atoms with Crippen LogP contribution in [0.15, 0.2) is 35.2 Å². The Bertz CT molecular complexity index is 1070. The van der Waals surface area contributed by atoms with Crippen molar-refractivity contribution >= 4 is 16.0 Å². The largest absolute Gasteiger partial charge is 0.425 e. The number of rotatable bonds is 5. The summed E-state index contributed by atoms with van der Waals surface area (Å²) >= 11 is 0. The van der Waals surface area contributed by atoms with Gasteiger partial charge in [-0.2, -0.15) is 17.9 Å². The second-order valence-electron chi connectivity index (χ2n) is 7.49. The predicted molar refractivity (Wildman–Crippen MR) is 105 cm³/mol. The molecule has 0 heterocycles. The van der Waals surface area contributed by atoms with Crippen LogP contribution in [0.5, 0.6) is 5.75 Å². The second-order valence-corrected chi connectivity index (χ2v) is 9.14. The number of hydrogen-bond donors (Lipinski definition) is 1. The third kappa shape index (κ3) is 4.52. The molecule has 0 aliphatic heterocycles. The zero-order valence-electron chi connectivity index (χ0n) is 16.8. The number of halogens is 3. The second kappa shape index (κ2) is 8.03. The molecule has 0 amide bonds. The summed E-state index contributed by atoms with van der Waals surface area (Å²) in [5.74, 6) is -1.68. The molecule has 1 aliphatic carbocycles. The van der Waals surface area contributed by atoms with E-state index in [4.69, 9.17) is 4.74 Å². The van der Waals surface area contributed by atoms with Gasteiger partial charge in [0.15, 0.2) is 0 Å². The van der Waals surface area contributed by atoms with Crippen molar-refractivity contribution in [1.82, 2.24) is 4.72 Å². The predicted octanol–water partition coefficient (Wildman–Crippen LogP) is 3.92. The number of ether oxygens (including phenoxy) is 1. The van der Waals surface area contributed by atoms with Crippen molar-refractivity contribution in [3.8, 4) is 5.75 Å². The minimum Gasteiger partial charge on any atom is -0.425 e. The maximum Gasteiger partial charge on any atom is 0.415 e. The molecule has 3 rings (SSSR count). The van der Waals surface area contributed by atoms with Crippen LogP contribution >= 0.6 is 0 Å². The molecule has 0 fully saturated rings. The lowest BCUT2D eigenvalue weighted by Crippen LogP contribution is -2.52. The summed E-state index contributed by atoms with van der Waals surface area (Å²) in [6, 6.07) is 4.91. The van der Waals surface area contributed by atoms with E-state index in [-0.39, 0.29) is 21.8 Å². The van der Waals surface area contributed by atoms with Crippen molar-refractivity contribution in [2.24, 2.45) is 0 Å². The van der Waals surface area contributed by atoms with Crippen molar-refractivity contribution in [3.05, 3.63) is 58.1 Å². The van der Waals surface area contributed by atoms with Crippen molar-refractivity contribution in [2.75, 3.05) is 0 Å². The topological polar surface area (TPSA) is 72.5 Å². The van der Waals surface area contributed by atoms with E-state index < -0.39 is 28.2 Å². The first-order valence-electron chi connectivity index (χ1n) is 9.39. The monoisotopic (exact) mass is 441 g/mol. The molecule has 162 valence electrons. The van der Waals surface area contributed by atoms with Gasteiger partial charge in [0.25, 0.3) is 0 Å². The number of aryl methyl sites for hydroxylation is 4. The van der Waals surface area contributed by atoms with Gasteiger partial charge in [0.2, 0.25) is 16.1 Å². The quantitative estimate of drug-likeness (QED) is 0.564. The number of carbonyl (C=O) groups excluding carboxylic acids is 1. The molecule has 1 atom stereocenters. The van der Waals surface area contributed by atoms with E-state index in [1.54, 1.807) is 25.1 Å². The Morgan fingerprint density at radius 1 is 1.10 bits per heavy atom. The number of nitrogens with one attached hydrogen (secondary N) is 1. The fourth-order valence-corrected chi connectivity index (χ4v) is 5.52. The van der Waals surface area contributed by atoms with Gasteiger partial charge in [-0.25, -0.2) is 13.2 Å². The van der Waals surface area contributed by atoms with Crippen LogP contribution in [-0.2, 0) is 27.7 Å². The van der Waals surface area contributed by atoms with E-state index in [1.807, 2.05) is 6.07 Å². The van der Waals surface area contributed by atoms with Gasteiger partial charge in [0, 0.05) is 0 Å². The SMILES string of the molecule is Cc1cc(C)c(S(=O)(=O)NC(C(=O)Oc2cccc3c2CCC3)C(F)(F)F)c(C)c1. The number of hydrogen-bond acceptors (Lipinski definition) is 4. The van der Waals surface area contributed by atoms with Crippen LogP contribution in [0.3, 0.4) is 0 Å². The van der Waals surface area contributed by atoms with Gasteiger partial charge in [-0.1, -0.05) is 29.8 Å². The summed E-state index contributed by atoms with van der Waals surface area (Å²) in [5, 5.41) is 0. The first kappa shape index (κ1) is 22.3. The molecule has 9 heteroatoms. The van der Waals surface area contributed by atoms with E-state index in [2.05, 4.69) is 0 Å². The third-order valence-electron chi connectivity index (χ3n) is 5.02. The van der Waals surface area contributed by atoms with Gasteiger partial charge in [-0.3, -0.25) is 0 Å². The Morgan fingerprint density at radius 3 is 2.33 bits per heavy atom. The van der Waals surface area contributed by atoms with Gasteiger partial charge >= 0.3 is 12.1 Å². The van der Waals surface area contributed by atoms with Crippen LogP contribution in [0.2, 0.25) is 0 Å². The molecule has 1 aliphatic rings. The Hall–Kier alpha value is -2.39. The van der Waals surface area contributed by atoms with Crippen molar-refractivity contribution < 1.29 is 31.1 Å². The lowest BCUT2D eigenvalue weighted by Gasteiger charge is -2.22. The Kier molecular flexibility index (Phi) is 5.97. The minimum atomic E-state index is -5.17. The minimum absolute atomic E-state index is 0.0335. The van der Waals surface area contributed by atoms with E-state index in [0.717, 1.165) is 24.0 Å². The highest BCUT2D eigenvalue weighted by molar-refractivity contribution is 7.89. The van der Waals surface area contributed by atoms with Gasteiger partial charge in [0.1, 0.15) is 5.75 Å². The molecule has 0 radical (unpaired) electrons. The first-order valence-corrected chi connectivity index (χ1v) is 10.9. The molecule has 0 saturated heterocycles. The smallest absolute Gasteiger partial charge is 0.415 e. The lowest BCUT2D eigenvalue weighted by molar-refractivity contribution is -0.175. The van der Waals surface area contributed by atoms with Crippen molar-refractivity contribution in [3.63, 3.8) is 0 Å². The summed E-state index contributed by atoms with van der Waals surface area (Å²) in [6.45, 7) is 4.73. The standard InChI is InChI=1S/C21H22F3NO4S/c1-12-10-13(2)18(14(3)11-12)30(27,28)25-19(21(22,23)24)20(26)29-17-9-5-7-15-6-4-8-16(15)17/h5,7,9-11,19,25H,4,6,8H2,1-3H3. The lowest BCUT2D eigenvalue weighted by atomic mass is 10.1. The number of alkyl halides is 3. The fourth-order valence-electron chi connectivity index (χ4n) is 3.90. The maximum atomic E-state index is 13.6. The highest BCUT2D eigenvalue weighted by atomic mass is 32.2. The molecule has 5 nitrogen and oxygen atoms in total. The van der Waals surface area contributed by atoms with Crippen LogP contribution in [0.4, 0.5) is 13.2 Å². The van der Waals surface area contributed by atoms with Crippen LogP contribution in [0, 0.1) is 20.8 Å². The average Bonchev–Trinajstić information content (AvgIpc) is 3.07. The molecule has 1 unspecified atom stereocenters. The molecule has 1 N–H and O–H groups in total. The van der Waals surface area contributed by atoms with Gasteiger partial charge < -0.3 is 4.74 Å². The third-order valence-corrected chi connectivity index (χ3v) is 6.75. The van der Waals surface area contributed by atoms with Gasteiger partial charge in [-0.05, 0) is 68.4 Å². The fraction of sp³-hybridized carbons (Fsp3) is 0.381. The van der Waals surface area contributed by atoms with Crippen LogP contribution in [-0.4, -0.2) is 26.6 Å². The van der Waals surface area contributed by atoms with Crippen LogP contribution in [0.25, 0.3) is 0 Å². The molecule has 2 aromatic rings. The molecule has 30 heavy (non-hydrogen) atoms. The average molecular weight is 441 g/mol. The van der Waals surface area contributed by atoms with Crippen LogP contribution < -0.4 is 9.46 Å². The summed E-state index contributed by atoms with van der Waals surface area (Å²) in [5.41, 5.74) is 2.94. The Labute approximate surface area is 173 Å². The number of esters is 1. The zero-order valence-corrected chi connectivity index (χ0v) is 17.6. The number of fused-ring (bicyclic) bond motifs is 1. The van der Waals surface area contributed by atoms with Gasteiger partial charge in [0.05, 0.1) is 4.90 Å². The van der Waals surface area contributed by atoms with E-state index in [9.17, 15) is 26.4 Å². The van der Waals surface area contributed by atoms with Crippen LogP contribution in [0.1, 0.15) is 34.2 Å². The maximum absolute atomic E-state index is 13.6. The summed E-state index contributed by atoms with van der Waals surface area (Å²) in [6.07, 6.45) is -3.02. The zero-order chi connectivity index (χ0) is 22.3. The summed E-state index contributed by atoms with van der Waals surface area (Å²) in [7, 11) is -4.64. The number of carbonyl (C=O) groups is 1. The molecule has 2 aromatic carbocycles. The van der Waals surface area contributed by atoms with Crippen molar-refractivity contribution in [1.29, 1.82) is 0 Å². The molecule has 0 aromatic heterocycles. The summed E-state index contributed by atoms with van der Waals surface area (Å²) in [4.78, 5) is 12.1. The molecule has 0 spiro atoms. The Morgan fingerprint density at radius 2 is 1.73 bits per heavy atom. The normalized spacial score (nSPS) is 15.0. The summed E-state index contributed by atoms with van der Waals surface area (Å²) < 4.78 is 73.0. The highest BCUT2D eigenvalue weighted by Crippen LogP contribution is 2.32. The number of sulfonamides is 1. The number of benzene rings is 2. The first-order chi connectivity index (χ1) is 13.9. The van der Waals surface area contributed by atoms with Crippen molar-refractivity contribution in [2.45, 2.75) is 57.1 Å². The molecular weight excluding hydrogens is 419 g/mol. The molecule has 0 saturated carbocycles. The molecular formula is C21H22F3NO4S. The highest BCUT2D eigenvalue weighted by Gasteiger charge is 2.49. The van der Waals surface area contributed by atoms with E-state index in [1.165, 1.54) is 24.6 Å². The van der Waals surface area contributed by atoms with Gasteiger partial charge in [-0.15, -0.1) is 0 Å². The van der Waals surface area contributed by atoms with E-state index in [0.29, 0.717) is 12.0 Å².